The summed E-state index contributed by atoms with van der Waals surface area (Å²) < 4.78 is 3.48. The molecule has 3 N–H and O–H groups in total. The van der Waals surface area contributed by atoms with Crippen LogP contribution in [0, 0.1) is 0 Å². The van der Waals surface area contributed by atoms with Gasteiger partial charge in [0.1, 0.15) is 6.04 Å². The first-order chi connectivity index (χ1) is 9.08. The topological polar surface area (TPSA) is 137 Å². The lowest BCUT2D eigenvalue weighted by Gasteiger charge is -2.33. The van der Waals surface area contributed by atoms with Crippen LogP contribution in [0.15, 0.2) is 0 Å². The Morgan fingerprint density at radius 1 is 1.58 bits per heavy atom. The average Bonchev–Trinajstić information content (AvgIpc) is 2.84. The number of nitrogens with zero attached hydrogens (tertiary/aromatic N) is 4. The number of carboxylic acids is 1. The van der Waals surface area contributed by atoms with E-state index in [0.29, 0.717) is 0 Å². The van der Waals surface area contributed by atoms with Crippen molar-refractivity contribution in [3.05, 3.63) is 0 Å². The normalized spacial score (nSPS) is 18.8. The fourth-order valence-electron chi connectivity index (χ4n) is 1.67. The number of carbonyl (C=O) groups excluding carboxylic acids is 2. The molecule has 1 unspecified atom stereocenters. The Bertz CT molecular complexity index is 491. The molecule has 1 fully saturated rings. The maximum Gasteiger partial charge on any atom is 0.324 e. The van der Waals surface area contributed by atoms with Gasteiger partial charge in [-0.15, -0.1) is 0 Å². The molecule has 2 heterocycles. The van der Waals surface area contributed by atoms with Crippen molar-refractivity contribution in [1.82, 2.24) is 25.0 Å². The van der Waals surface area contributed by atoms with Crippen LogP contribution in [-0.2, 0) is 9.59 Å². The number of amides is 3. The minimum Gasteiger partial charge on any atom is -0.481 e. The maximum absolute atomic E-state index is 12.0. The number of anilines is 1. The summed E-state index contributed by atoms with van der Waals surface area (Å²) in [6.45, 7) is 0.499. The second kappa shape index (κ2) is 5.56. The van der Waals surface area contributed by atoms with E-state index >= 15 is 0 Å². The lowest BCUT2D eigenvalue weighted by molar-refractivity contribution is -0.142. The highest BCUT2D eigenvalue weighted by molar-refractivity contribution is 7.09. The summed E-state index contributed by atoms with van der Waals surface area (Å²) in [6.07, 6.45) is -0.451. The van der Waals surface area contributed by atoms with Crippen LogP contribution in [0.5, 0.6) is 0 Å². The number of urea groups is 1. The van der Waals surface area contributed by atoms with Crippen molar-refractivity contribution in [3.8, 4) is 0 Å². The lowest BCUT2D eigenvalue weighted by Crippen LogP contribution is -2.58. The molecule has 0 aliphatic carbocycles. The van der Waals surface area contributed by atoms with Crippen molar-refractivity contribution in [2.24, 2.45) is 0 Å². The Kier molecular flexibility index (Phi) is 3.85. The number of hydrogen-bond acceptors (Lipinski definition) is 7. The van der Waals surface area contributed by atoms with E-state index in [9.17, 15) is 14.4 Å². The van der Waals surface area contributed by atoms with Gasteiger partial charge in [-0.25, -0.2) is 4.79 Å². The number of aliphatic carboxylic acids is 1. The molecule has 1 saturated heterocycles. The largest absolute Gasteiger partial charge is 0.481 e. The Morgan fingerprint density at radius 2 is 2.37 bits per heavy atom. The Labute approximate surface area is 110 Å². The molecule has 1 atom stereocenters. The molecular formula is C8H10N6O4S. The summed E-state index contributed by atoms with van der Waals surface area (Å²) in [7, 11) is 0. The van der Waals surface area contributed by atoms with Crippen LogP contribution in [0.4, 0.5) is 9.93 Å². The van der Waals surface area contributed by atoms with Crippen molar-refractivity contribution in [2.75, 3.05) is 18.4 Å². The fraction of sp³-hybridized carbons (Fsp3) is 0.500. The third-order valence-corrected chi connectivity index (χ3v) is 2.98. The first-order valence-electron chi connectivity index (χ1n) is 5.30. The van der Waals surface area contributed by atoms with Crippen molar-refractivity contribution >= 4 is 34.6 Å². The van der Waals surface area contributed by atoms with E-state index in [-0.39, 0.29) is 18.2 Å². The summed E-state index contributed by atoms with van der Waals surface area (Å²) in [5.74, 6) is -1.64. The molecule has 0 spiro atoms. The van der Waals surface area contributed by atoms with E-state index in [4.69, 9.17) is 5.11 Å². The van der Waals surface area contributed by atoms with Gasteiger partial charge in [0.15, 0.2) is 0 Å². The van der Waals surface area contributed by atoms with E-state index < -0.39 is 30.4 Å². The van der Waals surface area contributed by atoms with Gasteiger partial charge < -0.3 is 15.3 Å². The van der Waals surface area contributed by atoms with E-state index in [2.05, 4.69) is 25.4 Å². The van der Waals surface area contributed by atoms with Crippen LogP contribution < -0.4 is 10.6 Å². The predicted octanol–water partition coefficient (Wildman–Crippen LogP) is -1.26. The summed E-state index contributed by atoms with van der Waals surface area (Å²) in [5.41, 5.74) is 0. The molecule has 0 saturated carbocycles. The third-order valence-electron chi connectivity index (χ3n) is 2.47. The fourth-order valence-corrected chi connectivity index (χ4v) is 2.03. The number of rotatable bonds is 3. The van der Waals surface area contributed by atoms with Gasteiger partial charge >= 0.3 is 12.0 Å². The van der Waals surface area contributed by atoms with E-state index in [1.165, 1.54) is 0 Å². The summed E-state index contributed by atoms with van der Waals surface area (Å²) in [6, 6.07) is -1.63. The highest BCUT2D eigenvalue weighted by Crippen LogP contribution is 2.13. The number of aromatic nitrogens is 3. The van der Waals surface area contributed by atoms with Gasteiger partial charge in [-0.1, -0.05) is 9.59 Å². The van der Waals surface area contributed by atoms with Gasteiger partial charge in [-0.05, 0) is 5.21 Å². The van der Waals surface area contributed by atoms with Crippen LogP contribution in [0.1, 0.15) is 6.42 Å². The predicted molar refractivity (Wildman–Crippen MR) is 62.5 cm³/mol. The van der Waals surface area contributed by atoms with Crippen LogP contribution in [0.3, 0.4) is 0 Å². The summed E-state index contributed by atoms with van der Waals surface area (Å²) in [4.78, 5) is 35.5. The first-order valence-corrected chi connectivity index (χ1v) is 6.07. The van der Waals surface area contributed by atoms with Crippen LogP contribution >= 0.6 is 11.5 Å². The minimum absolute atomic E-state index is 0.185. The molecule has 1 aliphatic rings. The highest BCUT2D eigenvalue weighted by atomic mass is 32.1. The SMILES string of the molecule is O=C(O)CC1C(=O)NCCN1C(=O)Nc1nnns1. The number of hydrogen-bond donors (Lipinski definition) is 3. The van der Waals surface area contributed by atoms with Gasteiger partial charge in [0, 0.05) is 24.6 Å². The molecule has 1 aliphatic heterocycles. The number of piperazine rings is 1. The second-order valence-corrected chi connectivity index (χ2v) is 4.43. The van der Waals surface area contributed by atoms with Gasteiger partial charge in [0.25, 0.3) is 0 Å². The first kappa shape index (κ1) is 13.1. The van der Waals surface area contributed by atoms with Crippen molar-refractivity contribution in [2.45, 2.75) is 12.5 Å². The summed E-state index contributed by atoms with van der Waals surface area (Å²) in [5, 5.41) is 20.7. The molecule has 102 valence electrons. The van der Waals surface area contributed by atoms with Crippen LogP contribution in [0.2, 0.25) is 0 Å². The smallest absolute Gasteiger partial charge is 0.324 e. The standard InChI is InChI=1S/C8H10N6O4S/c15-5(16)3-4-6(17)9-1-2-14(4)8(18)10-7-11-12-13-19-7/h4H,1-3H2,(H,9,17)(H,15,16)(H,10,11,13,18). The van der Waals surface area contributed by atoms with E-state index in [1.807, 2.05) is 0 Å². The average molecular weight is 286 g/mol. The van der Waals surface area contributed by atoms with Crippen LogP contribution in [0.25, 0.3) is 0 Å². The Morgan fingerprint density at radius 3 is 3.00 bits per heavy atom. The zero-order chi connectivity index (χ0) is 13.8. The highest BCUT2D eigenvalue weighted by Gasteiger charge is 2.35. The molecule has 11 heteroatoms. The molecule has 10 nitrogen and oxygen atoms in total. The van der Waals surface area contributed by atoms with Gasteiger partial charge in [0.05, 0.1) is 6.42 Å². The quantitative estimate of drug-likeness (QED) is 0.630. The molecule has 1 aromatic rings. The molecular weight excluding hydrogens is 276 g/mol. The second-order valence-electron chi connectivity index (χ2n) is 3.70. The molecule has 0 radical (unpaired) electrons. The van der Waals surface area contributed by atoms with Gasteiger partial charge in [-0.3, -0.25) is 14.9 Å². The number of nitrogens with one attached hydrogen (secondary N) is 2. The molecule has 1 aromatic heterocycles. The van der Waals surface area contributed by atoms with Crippen molar-refractivity contribution in [1.29, 1.82) is 0 Å². The summed E-state index contributed by atoms with van der Waals surface area (Å²) >= 11 is 0.883. The van der Waals surface area contributed by atoms with Crippen LogP contribution in [-0.4, -0.2) is 61.8 Å². The molecule has 19 heavy (non-hydrogen) atoms. The maximum atomic E-state index is 12.0. The lowest BCUT2D eigenvalue weighted by atomic mass is 10.1. The zero-order valence-electron chi connectivity index (χ0n) is 9.57. The molecule has 0 bridgehead atoms. The van der Waals surface area contributed by atoms with Crippen molar-refractivity contribution < 1.29 is 19.5 Å². The number of carboxylic acid groups (broad SMARTS) is 1. The van der Waals surface area contributed by atoms with E-state index in [1.54, 1.807) is 0 Å². The Balaban J connectivity index is 2.08. The monoisotopic (exact) mass is 286 g/mol. The zero-order valence-corrected chi connectivity index (χ0v) is 10.4. The molecule has 2 rings (SSSR count). The molecule has 0 aromatic carbocycles. The van der Waals surface area contributed by atoms with Gasteiger partial charge in [0.2, 0.25) is 11.0 Å². The minimum atomic E-state index is -1.16. The Hall–Kier alpha value is -2.30. The third kappa shape index (κ3) is 3.13. The number of carbonyl (C=O) groups is 3. The van der Waals surface area contributed by atoms with E-state index in [0.717, 1.165) is 16.4 Å². The molecule has 3 amide bonds. The van der Waals surface area contributed by atoms with Crippen molar-refractivity contribution in [3.63, 3.8) is 0 Å². The van der Waals surface area contributed by atoms with Gasteiger partial charge in [-0.2, -0.15) is 0 Å².